The third-order valence-corrected chi connectivity index (χ3v) is 2.84. The summed E-state index contributed by atoms with van der Waals surface area (Å²) in [5, 5.41) is 27.7. The summed E-state index contributed by atoms with van der Waals surface area (Å²) in [5.74, 6) is 1.04. The van der Waals surface area contributed by atoms with Gasteiger partial charge >= 0.3 is 5.95 Å². The Morgan fingerprint density at radius 3 is 2.64 bits per heavy atom. The molecule has 2 aromatic heterocycles. The molecule has 0 fully saturated rings. The van der Waals surface area contributed by atoms with Gasteiger partial charge in [0.1, 0.15) is 17.3 Å². The van der Waals surface area contributed by atoms with E-state index in [0.29, 0.717) is 22.8 Å². The van der Waals surface area contributed by atoms with E-state index < -0.39 is 5.95 Å². The lowest BCUT2D eigenvalue weighted by Gasteiger charge is -2.00. The van der Waals surface area contributed by atoms with Crippen LogP contribution in [0, 0.1) is 6.92 Å². The van der Waals surface area contributed by atoms with Gasteiger partial charge in [0.25, 0.3) is 5.95 Å². The topological polar surface area (TPSA) is 122 Å². The van der Waals surface area contributed by atoms with E-state index in [1.165, 1.54) is 0 Å². The van der Waals surface area contributed by atoms with E-state index in [0.717, 1.165) is 0 Å². The van der Waals surface area contributed by atoms with Gasteiger partial charge in [0.2, 0.25) is 0 Å². The van der Waals surface area contributed by atoms with Crippen molar-refractivity contribution in [1.29, 1.82) is 0 Å². The number of ether oxygens (including phenoxy) is 1. The summed E-state index contributed by atoms with van der Waals surface area (Å²) in [5.41, 5.74) is 1.17. The molecule has 9 heteroatoms. The fraction of sp³-hybridized carbons (Fsp3) is 0.154. The van der Waals surface area contributed by atoms with Crippen LogP contribution in [0.5, 0.6) is 11.7 Å². The van der Waals surface area contributed by atoms with Crippen LogP contribution in [0.2, 0.25) is 0 Å². The van der Waals surface area contributed by atoms with Gasteiger partial charge in [-0.3, -0.25) is 0 Å². The van der Waals surface area contributed by atoms with Crippen molar-refractivity contribution in [3.8, 4) is 23.0 Å². The third kappa shape index (κ3) is 2.64. The number of aromatic nitrogens is 4. The summed E-state index contributed by atoms with van der Waals surface area (Å²) in [6.07, 6.45) is 0. The van der Waals surface area contributed by atoms with Gasteiger partial charge < -0.3 is 14.4 Å². The second-order valence-electron chi connectivity index (χ2n) is 4.32. The molecule has 0 atom stereocenters. The highest BCUT2D eigenvalue weighted by atomic mass is 16.5. The van der Waals surface area contributed by atoms with Crippen LogP contribution >= 0.6 is 0 Å². The summed E-state index contributed by atoms with van der Waals surface area (Å²) in [6.45, 7) is 1.72. The molecule has 9 nitrogen and oxygen atoms in total. The number of hydrogen-bond acceptors (Lipinski definition) is 8. The lowest BCUT2D eigenvalue weighted by molar-refractivity contribution is 0.279. The molecule has 3 aromatic rings. The summed E-state index contributed by atoms with van der Waals surface area (Å²) in [7, 11) is 1.58. The second-order valence-corrected chi connectivity index (χ2v) is 4.32. The number of H-pyrrole nitrogens is 1. The Labute approximate surface area is 124 Å². The van der Waals surface area contributed by atoms with Crippen LogP contribution < -0.4 is 4.74 Å². The predicted octanol–water partition coefficient (Wildman–Crippen LogP) is 2.90. The first kappa shape index (κ1) is 13.7. The van der Waals surface area contributed by atoms with Crippen LogP contribution in [-0.2, 0) is 0 Å². The first-order valence-electron chi connectivity index (χ1n) is 6.31. The number of nitrogens with zero attached hydrogens (tertiary/aromatic N) is 5. The summed E-state index contributed by atoms with van der Waals surface area (Å²) >= 11 is 0. The molecule has 2 heterocycles. The molecule has 0 radical (unpaired) electrons. The molecule has 0 bridgehead atoms. The zero-order chi connectivity index (χ0) is 15.5. The smallest absolute Gasteiger partial charge is 0.337 e. The van der Waals surface area contributed by atoms with Crippen molar-refractivity contribution in [3.05, 3.63) is 30.1 Å². The van der Waals surface area contributed by atoms with Gasteiger partial charge in [0, 0.05) is 5.56 Å². The molecule has 0 saturated carbocycles. The Bertz CT molecular complexity index is 806. The molecule has 0 unspecified atom stereocenters. The van der Waals surface area contributed by atoms with Gasteiger partial charge in [-0.25, -0.2) is 5.10 Å². The van der Waals surface area contributed by atoms with Gasteiger partial charge in [-0.15, -0.1) is 10.2 Å². The number of methoxy groups -OCH3 is 1. The molecule has 0 aliphatic rings. The molecule has 3 rings (SSSR count). The second kappa shape index (κ2) is 5.64. The minimum atomic E-state index is -0.425. The van der Waals surface area contributed by atoms with Crippen LogP contribution in [0.25, 0.3) is 11.3 Å². The Balaban J connectivity index is 1.94. The lowest BCUT2D eigenvalue weighted by atomic mass is 10.1. The Hall–Kier alpha value is -3.23. The predicted molar refractivity (Wildman–Crippen MR) is 75.5 cm³/mol. The maximum Gasteiger partial charge on any atom is 0.337 e. The Morgan fingerprint density at radius 2 is 2.00 bits per heavy atom. The molecule has 1 aromatic carbocycles. The highest BCUT2D eigenvalue weighted by molar-refractivity contribution is 5.74. The largest absolute Gasteiger partial charge is 0.497 e. The highest BCUT2D eigenvalue weighted by Crippen LogP contribution is 2.38. The van der Waals surface area contributed by atoms with Crippen molar-refractivity contribution >= 4 is 11.6 Å². The van der Waals surface area contributed by atoms with Crippen LogP contribution in [-0.4, -0.2) is 32.6 Å². The summed E-state index contributed by atoms with van der Waals surface area (Å²) < 4.78 is 9.87. The number of nitrogens with one attached hydrogen (secondary N) is 1. The monoisotopic (exact) mass is 300 g/mol. The van der Waals surface area contributed by atoms with Gasteiger partial charge in [-0.1, -0.05) is 5.16 Å². The van der Waals surface area contributed by atoms with Crippen LogP contribution in [0.15, 0.2) is 39.0 Å². The van der Waals surface area contributed by atoms with Gasteiger partial charge in [0.15, 0.2) is 5.69 Å². The molecule has 22 heavy (non-hydrogen) atoms. The van der Waals surface area contributed by atoms with E-state index >= 15 is 0 Å². The standard InChI is InChI=1S/C13H12N6O3/c1-7-14-13(17-15-7)18-16-11-10(19-22-12(11)20)8-3-5-9(21-2)6-4-8/h3-6,20H,1-2H3,(H,14,15,17). The van der Waals surface area contributed by atoms with Crippen molar-refractivity contribution in [3.63, 3.8) is 0 Å². The fourth-order valence-corrected chi connectivity index (χ4v) is 1.78. The number of aryl methyl sites for hydroxylation is 1. The minimum Gasteiger partial charge on any atom is -0.497 e. The van der Waals surface area contributed by atoms with Crippen molar-refractivity contribution in [2.75, 3.05) is 7.11 Å². The molecular formula is C13H12N6O3. The van der Waals surface area contributed by atoms with E-state index in [1.807, 2.05) is 0 Å². The van der Waals surface area contributed by atoms with Gasteiger partial charge in [-0.2, -0.15) is 10.1 Å². The average Bonchev–Trinajstić information content (AvgIpc) is 3.11. The molecule has 2 N–H and O–H groups in total. The quantitative estimate of drug-likeness (QED) is 0.714. The number of aromatic amines is 1. The number of azo groups is 1. The third-order valence-electron chi connectivity index (χ3n) is 2.84. The van der Waals surface area contributed by atoms with E-state index in [9.17, 15) is 5.11 Å². The van der Waals surface area contributed by atoms with E-state index in [4.69, 9.17) is 9.26 Å². The van der Waals surface area contributed by atoms with Crippen molar-refractivity contribution < 1.29 is 14.4 Å². The van der Waals surface area contributed by atoms with Crippen molar-refractivity contribution in [2.45, 2.75) is 6.92 Å². The van der Waals surface area contributed by atoms with Crippen molar-refractivity contribution in [1.82, 2.24) is 20.3 Å². The van der Waals surface area contributed by atoms with Crippen LogP contribution in [0.1, 0.15) is 5.82 Å². The minimum absolute atomic E-state index is 0.110. The zero-order valence-electron chi connectivity index (χ0n) is 11.8. The number of aromatic hydroxyl groups is 1. The normalized spacial score (nSPS) is 11.2. The molecule has 0 aliphatic heterocycles. The lowest BCUT2D eigenvalue weighted by Crippen LogP contribution is -1.83. The summed E-state index contributed by atoms with van der Waals surface area (Å²) in [6, 6.07) is 7.07. The fourth-order valence-electron chi connectivity index (χ4n) is 1.78. The van der Waals surface area contributed by atoms with E-state index in [2.05, 4.69) is 30.6 Å². The zero-order valence-corrected chi connectivity index (χ0v) is 11.8. The SMILES string of the molecule is COc1ccc(-c2noc(O)c2N=Nc2nc(C)n[nH]2)cc1. The van der Waals surface area contributed by atoms with Gasteiger partial charge in [-0.05, 0) is 31.2 Å². The van der Waals surface area contributed by atoms with E-state index in [1.54, 1.807) is 38.3 Å². The Kier molecular flexibility index (Phi) is 3.52. The van der Waals surface area contributed by atoms with Crippen molar-refractivity contribution in [2.24, 2.45) is 10.2 Å². The average molecular weight is 300 g/mol. The molecule has 0 amide bonds. The molecule has 0 saturated heterocycles. The maximum atomic E-state index is 9.72. The molecule has 112 valence electrons. The number of hydrogen-bond donors (Lipinski definition) is 2. The molecule has 0 spiro atoms. The molecule has 0 aliphatic carbocycles. The number of benzene rings is 1. The maximum absolute atomic E-state index is 9.72. The number of rotatable bonds is 4. The Morgan fingerprint density at radius 1 is 1.23 bits per heavy atom. The first-order valence-corrected chi connectivity index (χ1v) is 6.31. The van der Waals surface area contributed by atoms with Crippen LogP contribution in [0.3, 0.4) is 0 Å². The van der Waals surface area contributed by atoms with Crippen LogP contribution in [0.4, 0.5) is 11.6 Å². The molecular weight excluding hydrogens is 288 g/mol. The van der Waals surface area contributed by atoms with Gasteiger partial charge in [0.05, 0.1) is 7.11 Å². The highest BCUT2D eigenvalue weighted by Gasteiger charge is 2.17. The summed E-state index contributed by atoms with van der Waals surface area (Å²) in [4.78, 5) is 3.99. The van der Waals surface area contributed by atoms with E-state index in [-0.39, 0.29) is 11.6 Å². The first-order chi connectivity index (χ1) is 10.7.